The smallest absolute Gasteiger partial charge is 0.0595 e. The summed E-state index contributed by atoms with van der Waals surface area (Å²) >= 11 is 11.8. The van der Waals surface area contributed by atoms with Crippen molar-refractivity contribution in [3.05, 3.63) is 33.8 Å². The first-order chi connectivity index (χ1) is 8.56. The molecule has 0 bridgehead atoms. The van der Waals surface area contributed by atoms with Crippen molar-refractivity contribution in [3.63, 3.8) is 0 Å². The Morgan fingerprint density at radius 2 is 1.83 bits per heavy atom. The molecule has 1 aromatic carbocycles. The highest BCUT2D eigenvalue weighted by Crippen LogP contribution is 2.25. The molecule has 0 spiro atoms. The lowest BCUT2D eigenvalue weighted by atomic mass is 9.83. The first kappa shape index (κ1) is 15.8. The SMILES string of the molecule is CCC(CC)(CO)CNCc1ccc(Cl)c(Cl)c1. The molecule has 0 heterocycles. The molecule has 2 N–H and O–H groups in total. The van der Waals surface area contributed by atoms with Crippen LogP contribution in [0.4, 0.5) is 0 Å². The highest BCUT2D eigenvalue weighted by molar-refractivity contribution is 6.42. The van der Waals surface area contributed by atoms with Gasteiger partial charge in [-0.25, -0.2) is 0 Å². The van der Waals surface area contributed by atoms with Gasteiger partial charge in [0.05, 0.1) is 10.0 Å². The molecule has 2 nitrogen and oxygen atoms in total. The predicted molar refractivity (Wildman–Crippen MR) is 78.3 cm³/mol. The monoisotopic (exact) mass is 289 g/mol. The molecule has 0 fully saturated rings. The van der Waals surface area contributed by atoms with Gasteiger partial charge in [-0.3, -0.25) is 0 Å². The summed E-state index contributed by atoms with van der Waals surface area (Å²) < 4.78 is 0. The molecule has 0 aliphatic rings. The Labute approximate surface area is 119 Å². The summed E-state index contributed by atoms with van der Waals surface area (Å²) in [6.07, 6.45) is 1.93. The van der Waals surface area contributed by atoms with Crippen molar-refractivity contribution in [2.45, 2.75) is 33.2 Å². The lowest BCUT2D eigenvalue weighted by molar-refractivity contribution is 0.113. The number of nitrogens with one attached hydrogen (secondary N) is 1. The second-order valence-corrected chi connectivity index (χ2v) is 5.53. The third kappa shape index (κ3) is 4.13. The number of rotatable bonds is 7. The molecule has 102 valence electrons. The summed E-state index contributed by atoms with van der Waals surface area (Å²) in [6, 6.07) is 5.63. The number of benzene rings is 1. The molecule has 0 radical (unpaired) electrons. The van der Waals surface area contributed by atoms with Crippen molar-refractivity contribution < 1.29 is 5.11 Å². The van der Waals surface area contributed by atoms with Crippen LogP contribution in [0.5, 0.6) is 0 Å². The average Bonchev–Trinajstić information content (AvgIpc) is 2.39. The molecule has 1 aromatic rings. The molecule has 0 atom stereocenters. The van der Waals surface area contributed by atoms with E-state index in [2.05, 4.69) is 19.2 Å². The van der Waals surface area contributed by atoms with Crippen LogP contribution < -0.4 is 5.32 Å². The molecule has 0 saturated heterocycles. The predicted octanol–water partition coefficient (Wildman–Crippen LogP) is 3.88. The van der Waals surface area contributed by atoms with Crippen LogP contribution in [0.15, 0.2) is 18.2 Å². The van der Waals surface area contributed by atoms with Gasteiger partial charge in [-0.2, -0.15) is 0 Å². The Balaban J connectivity index is 2.52. The van der Waals surface area contributed by atoms with E-state index in [9.17, 15) is 5.11 Å². The molecule has 0 aromatic heterocycles. The second-order valence-electron chi connectivity index (χ2n) is 4.72. The summed E-state index contributed by atoms with van der Waals surface area (Å²) in [6.45, 7) is 5.98. The van der Waals surface area contributed by atoms with Crippen LogP contribution in [-0.4, -0.2) is 18.3 Å². The standard InChI is InChI=1S/C14H21Cl2NO/c1-3-14(4-2,10-18)9-17-8-11-5-6-12(15)13(16)7-11/h5-7,17-18H,3-4,8-10H2,1-2H3. The second kappa shape index (κ2) is 7.34. The minimum Gasteiger partial charge on any atom is -0.396 e. The lowest BCUT2D eigenvalue weighted by Crippen LogP contribution is -2.36. The molecule has 0 saturated carbocycles. The molecular formula is C14H21Cl2NO. The van der Waals surface area contributed by atoms with E-state index in [1.807, 2.05) is 12.1 Å². The van der Waals surface area contributed by atoms with Crippen LogP contribution >= 0.6 is 23.2 Å². The molecule has 0 amide bonds. The number of hydrogen-bond acceptors (Lipinski definition) is 2. The maximum absolute atomic E-state index is 9.48. The van der Waals surface area contributed by atoms with Crippen molar-refractivity contribution in [1.82, 2.24) is 5.32 Å². The summed E-state index contributed by atoms with van der Waals surface area (Å²) in [5.74, 6) is 0. The number of halogens is 2. The van der Waals surface area contributed by atoms with Gasteiger partial charge in [0, 0.05) is 25.1 Å². The van der Waals surface area contributed by atoms with Crippen molar-refractivity contribution in [2.75, 3.05) is 13.2 Å². The zero-order valence-corrected chi connectivity index (χ0v) is 12.5. The molecular weight excluding hydrogens is 269 g/mol. The van der Waals surface area contributed by atoms with Gasteiger partial charge in [-0.15, -0.1) is 0 Å². The van der Waals surface area contributed by atoms with Crippen LogP contribution in [0, 0.1) is 5.41 Å². The molecule has 0 unspecified atom stereocenters. The Bertz CT molecular complexity index is 370. The first-order valence-electron chi connectivity index (χ1n) is 6.32. The van der Waals surface area contributed by atoms with Gasteiger partial charge in [-0.1, -0.05) is 43.1 Å². The fourth-order valence-corrected chi connectivity index (χ4v) is 2.22. The fourth-order valence-electron chi connectivity index (χ4n) is 1.90. The van der Waals surface area contributed by atoms with Crippen LogP contribution in [0.1, 0.15) is 32.3 Å². The Morgan fingerprint density at radius 3 is 2.33 bits per heavy atom. The summed E-state index contributed by atoms with van der Waals surface area (Å²) in [7, 11) is 0. The van der Waals surface area contributed by atoms with E-state index in [1.54, 1.807) is 6.07 Å². The topological polar surface area (TPSA) is 32.3 Å². The Morgan fingerprint density at radius 1 is 1.17 bits per heavy atom. The van der Waals surface area contributed by atoms with E-state index >= 15 is 0 Å². The van der Waals surface area contributed by atoms with Crippen molar-refractivity contribution in [1.29, 1.82) is 0 Å². The number of aliphatic hydroxyl groups excluding tert-OH is 1. The van der Waals surface area contributed by atoms with Crippen molar-refractivity contribution in [2.24, 2.45) is 5.41 Å². The molecule has 4 heteroatoms. The Kier molecular flexibility index (Phi) is 6.44. The van der Waals surface area contributed by atoms with Gasteiger partial charge in [0.2, 0.25) is 0 Å². The van der Waals surface area contributed by atoms with Gasteiger partial charge in [0.25, 0.3) is 0 Å². The largest absolute Gasteiger partial charge is 0.396 e. The van der Waals surface area contributed by atoms with E-state index < -0.39 is 0 Å². The van der Waals surface area contributed by atoms with Crippen LogP contribution in [-0.2, 0) is 6.54 Å². The zero-order valence-electron chi connectivity index (χ0n) is 11.0. The highest BCUT2D eigenvalue weighted by atomic mass is 35.5. The van der Waals surface area contributed by atoms with Crippen molar-refractivity contribution >= 4 is 23.2 Å². The third-order valence-corrected chi connectivity index (χ3v) is 4.39. The zero-order chi connectivity index (χ0) is 13.6. The van der Waals surface area contributed by atoms with Crippen LogP contribution in [0.25, 0.3) is 0 Å². The summed E-state index contributed by atoms with van der Waals surface area (Å²) in [5.41, 5.74) is 1.08. The van der Waals surface area contributed by atoms with E-state index in [0.29, 0.717) is 10.0 Å². The normalized spacial score (nSPS) is 11.8. The van der Waals surface area contributed by atoms with E-state index in [0.717, 1.165) is 31.5 Å². The maximum atomic E-state index is 9.48. The minimum atomic E-state index is -0.0176. The van der Waals surface area contributed by atoms with Crippen molar-refractivity contribution in [3.8, 4) is 0 Å². The van der Waals surface area contributed by atoms with Crippen LogP contribution in [0.3, 0.4) is 0 Å². The molecule has 18 heavy (non-hydrogen) atoms. The minimum absolute atomic E-state index is 0.0176. The van der Waals surface area contributed by atoms with Gasteiger partial charge in [0.15, 0.2) is 0 Å². The van der Waals surface area contributed by atoms with Gasteiger partial charge in [-0.05, 0) is 30.5 Å². The van der Waals surface area contributed by atoms with Gasteiger partial charge < -0.3 is 10.4 Å². The average molecular weight is 290 g/mol. The van der Waals surface area contributed by atoms with Gasteiger partial charge >= 0.3 is 0 Å². The van der Waals surface area contributed by atoms with Crippen LogP contribution in [0.2, 0.25) is 10.0 Å². The van der Waals surface area contributed by atoms with Gasteiger partial charge in [0.1, 0.15) is 0 Å². The molecule has 0 aliphatic carbocycles. The maximum Gasteiger partial charge on any atom is 0.0595 e. The molecule has 0 aliphatic heterocycles. The first-order valence-corrected chi connectivity index (χ1v) is 7.08. The number of aliphatic hydroxyl groups is 1. The Hall–Kier alpha value is -0.280. The summed E-state index contributed by atoms with van der Waals surface area (Å²) in [5, 5.41) is 14.0. The third-order valence-electron chi connectivity index (χ3n) is 3.65. The summed E-state index contributed by atoms with van der Waals surface area (Å²) in [4.78, 5) is 0. The number of hydrogen-bond donors (Lipinski definition) is 2. The van der Waals surface area contributed by atoms with E-state index in [-0.39, 0.29) is 12.0 Å². The molecule has 1 rings (SSSR count). The quantitative estimate of drug-likeness (QED) is 0.798. The van der Waals surface area contributed by atoms with E-state index in [4.69, 9.17) is 23.2 Å². The van der Waals surface area contributed by atoms with E-state index in [1.165, 1.54) is 0 Å². The lowest BCUT2D eigenvalue weighted by Gasteiger charge is -2.29. The highest BCUT2D eigenvalue weighted by Gasteiger charge is 2.24. The fraction of sp³-hybridized carbons (Fsp3) is 0.571.